The Morgan fingerprint density at radius 2 is 1.89 bits per heavy atom. The fourth-order valence-electron chi connectivity index (χ4n) is 3.38. The van der Waals surface area contributed by atoms with Gasteiger partial charge in [0.1, 0.15) is 27.7 Å². The second-order valence-corrected chi connectivity index (χ2v) is 8.76. The second kappa shape index (κ2) is 10.4. The molecule has 1 fully saturated rings. The number of rotatable bonds is 6. The topological polar surface area (TPSA) is 109 Å². The number of amides is 2. The monoisotopic (exact) mass is 506 g/mol. The number of alkyl halides is 3. The minimum absolute atomic E-state index is 0.0241. The molecule has 9 nitrogen and oxygen atoms in total. The zero-order chi connectivity index (χ0) is 25.0. The van der Waals surface area contributed by atoms with Crippen LogP contribution in [0.2, 0.25) is 0 Å². The summed E-state index contributed by atoms with van der Waals surface area (Å²) in [5, 5.41) is 5.60. The molecule has 0 saturated carbocycles. The van der Waals surface area contributed by atoms with Crippen molar-refractivity contribution in [3.63, 3.8) is 0 Å². The molecule has 1 aliphatic heterocycles. The van der Waals surface area contributed by atoms with Gasteiger partial charge in [-0.2, -0.15) is 13.2 Å². The molecule has 2 aromatic heterocycles. The predicted molar refractivity (Wildman–Crippen MR) is 122 cm³/mol. The highest BCUT2D eigenvalue weighted by molar-refractivity contribution is 7.13. The number of carbonyl (C=O) groups excluding carboxylic acids is 2. The molecule has 4 rings (SSSR count). The normalized spacial score (nSPS) is 14.0. The van der Waals surface area contributed by atoms with Crippen LogP contribution >= 0.6 is 11.3 Å². The standard InChI is InChI=1S/C22H21F3N6O3S/c1-13-2-3-14(8-15(13)22(23,24)25)30-21(33)17-10-26-19(35-17)11-27-20(32)16-9-18(29-12-28-16)31-4-6-34-7-5-31/h2-3,8-10,12H,4-7,11H2,1H3,(H,27,32)(H,30,33). The van der Waals surface area contributed by atoms with Crippen LogP contribution in [0.25, 0.3) is 0 Å². The Morgan fingerprint density at radius 1 is 1.11 bits per heavy atom. The van der Waals surface area contributed by atoms with E-state index in [4.69, 9.17) is 4.74 Å². The maximum Gasteiger partial charge on any atom is 0.416 e. The summed E-state index contributed by atoms with van der Waals surface area (Å²) < 4.78 is 44.7. The lowest BCUT2D eigenvalue weighted by molar-refractivity contribution is -0.138. The summed E-state index contributed by atoms with van der Waals surface area (Å²) >= 11 is 1.02. The molecule has 13 heteroatoms. The van der Waals surface area contributed by atoms with Crippen LogP contribution in [0, 0.1) is 6.92 Å². The molecule has 3 aromatic rings. The number of anilines is 2. The van der Waals surface area contributed by atoms with Crippen LogP contribution in [0.3, 0.4) is 0 Å². The molecule has 184 valence electrons. The van der Waals surface area contributed by atoms with E-state index in [1.165, 1.54) is 31.6 Å². The lowest BCUT2D eigenvalue weighted by Gasteiger charge is -2.27. The lowest BCUT2D eigenvalue weighted by atomic mass is 10.1. The molecule has 0 aliphatic carbocycles. The number of benzene rings is 1. The number of nitrogens with one attached hydrogen (secondary N) is 2. The van der Waals surface area contributed by atoms with Crippen LogP contribution in [0.5, 0.6) is 0 Å². The van der Waals surface area contributed by atoms with Crippen molar-refractivity contribution in [1.29, 1.82) is 0 Å². The second-order valence-electron chi connectivity index (χ2n) is 7.64. The summed E-state index contributed by atoms with van der Waals surface area (Å²) in [7, 11) is 0. The minimum Gasteiger partial charge on any atom is -0.378 e. The van der Waals surface area contributed by atoms with Crippen molar-refractivity contribution in [3.05, 3.63) is 63.5 Å². The summed E-state index contributed by atoms with van der Waals surface area (Å²) in [4.78, 5) is 39.5. The van der Waals surface area contributed by atoms with Gasteiger partial charge in [0, 0.05) is 24.8 Å². The van der Waals surface area contributed by atoms with Crippen LogP contribution in [0.15, 0.2) is 36.8 Å². The molecule has 0 spiro atoms. The molecule has 0 radical (unpaired) electrons. The van der Waals surface area contributed by atoms with E-state index in [-0.39, 0.29) is 28.4 Å². The van der Waals surface area contributed by atoms with Crippen molar-refractivity contribution in [1.82, 2.24) is 20.3 Å². The number of aryl methyl sites for hydroxylation is 1. The third-order valence-electron chi connectivity index (χ3n) is 5.20. The van der Waals surface area contributed by atoms with E-state index in [9.17, 15) is 22.8 Å². The van der Waals surface area contributed by atoms with Crippen molar-refractivity contribution in [3.8, 4) is 0 Å². The number of carbonyl (C=O) groups is 2. The number of thiazole rings is 1. The maximum atomic E-state index is 13.1. The SMILES string of the molecule is Cc1ccc(NC(=O)c2cnc(CNC(=O)c3cc(N4CCOCC4)ncn3)s2)cc1C(F)(F)F. The molecule has 0 unspecified atom stereocenters. The Bertz CT molecular complexity index is 1230. The number of aromatic nitrogens is 3. The fraction of sp³-hybridized carbons (Fsp3) is 0.318. The van der Waals surface area contributed by atoms with E-state index in [1.807, 2.05) is 4.90 Å². The zero-order valence-electron chi connectivity index (χ0n) is 18.6. The van der Waals surface area contributed by atoms with Crippen LogP contribution in [-0.2, 0) is 17.5 Å². The maximum absolute atomic E-state index is 13.1. The van der Waals surface area contributed by atoms with Crippen molar-refractivity contribution < 1.29 is 27.5 Å². The predicted octanol–water partition coefficient (Wildman–Crippen LogP) is 3.28. The number of halogens is 3. The Morgan fingerprint density at radius 3 is 2.63 bits per heavy atom. The van der Waals surface area contributed by atoms with Gasteiger partial charge in [0.15, 0.2) is 0 Å². The third-order valence-corrected chi connectivity index (χ3v) is 6.19. The zero-order valence-corrected chi connectivity index (χ0v) is 19.4. The molecule has 3 heterocycles. The van der Waals surface area contributed by atoms with E-state index in [0.717, 1.165) is 17.4 Å². The van der Waals surface area contributed by atoms with E-state index < -0.39 is 23.6 Å². The first-order valence-corrected chi connectivity index (χ1v) is 11.4. The van der Waals surface area contributed by atoms with Gasteiger partial charge in [-0.25, -0.2) is 15.0 Å². The van der Waals surface area contributed by atoms with Crippen molar-refractivity contribution >= 4 is 34.7 Å². The van der Waals surface area contributed by atoms with Gasteiger partial charge in [-0.1, -0.05) is 6.07 Å². The van der Waals surface area contributed by atoms with E-state index in [0.29, 0.717) is 37.1 Å². The highest BCUT2D eigenvalue weighted by Crippen LogP contribution is 2.33. The molecule has 1 saturated heterocycles. The molecule has 35 heavy (non-hydrogen) atoms. The largest absolute Gasteiger partial charge is 0.416 e. The van der Waals surface area contributed by atoms with Gasteiger partial charge in [0.2, 0.25) is 0 Å². The third kappa shape index (κ3) is 6.11. The first kappa shape index (κ1) is 24.5. The molecular weight excluding hydrogens is 485 g/mol. The Labute approximate surface area is 202 Å². The van der Waals surface area contributed by atoms with E-state index >= 15 is 0 Å². The summed E-state index contributed by atoms with van der Waals surface area (Å²) in [5.41, 5.74) is -0.538. The van der Waals surface area contributed by atoms with E-state index in [2.05, 4.69) is 25.6 Å². The molecule has 2 amide bonds. The summed E-state index contributed by atoms with van der Waals surface area (Å²) in [6, 6.07) is 5.18. The highest BCUT2D eigenvalue weighted by Gasteiger charge is 2.32. The van der Waals surface area contributed by atoms with Crippen molar-refractivity contribution in [2.24, 2.45) is 0 Å². The van der Waals surface area contributed by atoms with Gasteiger partial charge >= 0.3 is 6.18 Å². The molecular formula is C22H21F3N6O3S. The minimum atomic E-state index is -4.52. The molecule has 0 bridgehead atoms. The van der Waals surface area contributed by atoms with Crippen molar-refractivity contribution in [2.75, 3.05) is 36.5 Å². The molecule has 0 atom stereocenters. The average molecular weight is 507 g/mol. The smallest absolute Gasteiger partial charge is 0.378 e. The van der Waals surface area contributed by atoms with Crippen LogP contribution < -0.4 is 15.5 Å². The molecule has 2 N–H and O–H groups in total. The summed E-state index contributed by atoms with van der Waals surface area (Å²) in [6.45, 7) is 3.90. The summed E-state index contributed by atoms with van der Waals surface area (Å²) in [5.74, 6) is -0.392. The Kier molecular flexibility index (Phi) is 7.26. The van der Waals surface area contributed by atoms with Gasteiger partial charge in [-0.3, -0.25) is 9.59 Å². The highest BCUT2D eigenvalue weighted by atomic mass is 32.1. The number of hydrogen-bond acceptors (Lipinski definition) is 8. The lowest BCUT2D eigenvalue weighted by Crippen LogP contribution is -2.37. The van der Waals surface area contributed by atoms with E-state index in [1.54, 1.807) is 6.07 Å². The Balaban J connectivity index is 1.35. The quantitative estimate of drug-likeness (QED) is 0.528. The fourth-order valence-corrected chi connectivity index (χ4v) is 4.13. The first-order chi connectivity index (χ1) is 16.7. The van der Waals surface area contributed by atoms with Crippen LogP contribution in [0.4, 0.5) is 24.7 Å². The number of hydrogen-bond donors (Lipinski definition) is 2. The summed E-state index contributed by atoms with van der Waals surface area (Å²) in [6.07, 6.45) is -1.89. The Hall–Kier alpha value is -3.58. The van der Waals surface area contributed by atoms with Gasteiger partial charge in [0.05, 0.1) is 31.5 Å². The van der Waals surface area contributed by atoms with Gasteiger partial charge in [0.25, 0.3) is 11.8 Å². The van der Waals surface area contributed by atoms with Crippen molar-refractivity contribution in [2.45, 2.75) is 19.6 Å². The van der Waals surface area contributed by atoms with Gasteiger partial charge in [-0.15, -0.1) is 11.3 Å². The number of nitrogens with zero attached hydrogens (tertiary/aromatic N) is 4. The van der Waals surface area contributed by atoms with Gasteiger partial charge < -0.3 is 20.3 Å². The average Bonchev–Trinajstić information content (AvgIpc) is 3.33. The number of ether oxygens (including phenoxy) is 1. The molecule has 1 aliphatic rings. The van der Waals surface area contributed by atoms with Crippen LogP contribution in [-0.4, -0.2) is 53.1 Å². The van der Waals surface area contributed by atoms with Gasteiger partial charge in [-0.05, 0) is 24.6 Å². The molecule has 1 aromatic carbocycles. The first-order valence-electron chi connectivity index (χ1n) is 10.6. The van der Waals surface area contributed by atoms with Crippen LogP contribution in [0.1, 0.15) is 36.3 Å². The number of morpholine rings is 1.